The highest BCUT2D eigenvalue weighted by atomic mass is 32.1. The zero-order chi connectivity index (χ0) is 19.6. The number of carbonyl (C=O) groups is 1. The molecule has 0 aliphatic rings. The third kappa shape index (κ3) is 4.12. The third-order valence-electron chi connectivity index (χ3n) is 4.27. The molecule has 0 radical (unpaired) electrons. The Balaban J connectivity index is 1.99. The first-order valence-electron chi connectivity index (χ1n) is 8.81. The lowest BCUT2D eigenvalue weighted by atomic mass is 10.3. The molecule has 0 saturated carbocycles. The molecule has 8 heteroatoms. The summed E-state index contributed by atoms with van der Waals surface area (Å²) in [5.74, 6) is 0.627. The first kappa shape index (κ1) is 19.3. The van der Waals surface area contributed by atoms with Gasteiger partial charge in [-0.1, -0.05) is 17.4 Å². The minimum absolute atomic E-state index is 0.0881. The van der Waals surface area contributed by atoms with Gasteiger partial charge in [-0.15, -0.1) is 0 Å². The predicted octanol–water partition coefficient (Wildman–Crippen LogP) is 2.95. The number of nitrogens with zero attached hydrogens (tertiary/aromatic N) is 5. The number of rotatable bonds is 7. The first-order valence-corrected chi connectivity index (χ1v) is 9.63. The number of ether oxygens (including phenoxy) is 1. The number of aryl methyl sites for hydroxylation is 2. The fourth-order valence-electron chi connectivity index (χ4n) is 2.97. The van der Waals surface area contributed by atoms with Crippen LogP contribution in [0.5, 0.6) is 5.75 Å². The van der Waals surface area contributed by atoms with E-state index in [0.717, 1.165) is 28.9 Å². The summed E-state index contributed by atoms with van der Waals surface area (Å²) in [6, 6.07) is 7.63. The van der Waals surface area contributed by atoms with Crippen molar-refractivity contribution < 1.29 is 9.53 Å². The number of aromatic nitrogens is 3. The number of hydrogen-bond donors (Lipinski definition) is 0. The average Bonchev–Trinajstić information content (AvgIpc) is 3.20. The molecule has 0 aliphatic heterocycles. The molecule has 144 valence electrons. The monoisotopic (exact) mass is 387 g/mol. The predicted molar refractivity (Wildman–Crippen MR) is 109 cm³/mol. The summed E-state index contributed by atoms with van der Waals surface area (Å²) in [6.45, 7) is 3.36. The number of anilines is 1. The van der Waals surface area contributed by atoms with Crippen LogP contribution >= 0.6 is 11.3 Å². The van der Waals surface area contributed by atoms with Crippen LogP contribution in [-0.4, -0.2) is 59.9 Å². The Bertz CT molecular complexity index is 947. The maximum atomic E-state index is 13.3. The average molecular weight is 388 g/mol. The lowest BCUT2D eigenvalue weighted by Gasteiger charge is -2.20. The minimum atomic E-state index is -0.0881. The lowest BCUT2D eigenvalue weighted by Crippen LogP contribution is -2.34. The van der Waals surface area contributed by atoms with Gasteiger partial charge in [0.2, 0.25) is 0 Å². The van der Waals surface area contributed by atoms with E-state index in [2.05, 4.69) is 10.00 Å². The van der Waals surface area contributed by atoms with E-state index in [-0.39, 0.29) is 5.91 Å². The number of carbonyl (C=O) groups excluding carboxylic acids is 1. The number of benzene rings is 1. The summed E-state index contributed by atoms with van der Waals surface area (Å²) < 4.78 is 8.05. The molecular weight excluding hydrogens is 362 g/mol. The molecule has 2 aromatic heterocycles. The number of para-hydroxylation sites is 1. The largest absolute Gasteiger partial charge is 0.494 e. The van der Waals surface area contributed by atoms with E-state index in [4.69, 9.17) is 9.72 Å². The summed E-state index contributed by atoms with van der Waals surface area (Å²) in [5.41, 5.74) is 2.16. The highest BCUT2D eigenvalue weighted by molar-refractivity contribution is 7.22. The Morgan fingerprint density at radius 1 is 1.30 bits per heavy atom. The fourth-order valence-corrected chi connectivity index (χ4v) is 3.98. The Morgan fingerprint density at radius 3 is 2.70 bits per heavy atom. The highest BCUT2D eigenvalue weighted by Gasteiger charge is 2.24. The SMILES string of the molecule is COc1cccc2sc(N(CCCN(C)C)C(=O)c3cc(C)nn3C)nc12. The second-order valence-electron chi connectivity index (χ2n) is 6.71. The number of thiazole rings is 1. The molecule has 1 amide bonds. The van der Waals surface area contributed by atoms with Crippen LogP contribution in [0.2, 0.25) is 0 Å². The minimum Gasteiger partial charge on any atom is -0.494 e. The molecule has 0 N–H and O–H groups in total. The van der Waals surface area contributed by atoms with E-state index < -0.39 is 0 Å². The topological polar surface area (TPSA) is 63.5 Å². The molecule has 2 heterocycles. The van der Waals surface area contributed by atoms with E-state index >= 15 is 0 Å². The molecule has 0 unspecified atom stereocenters. The van der Waals surface area contributed by atoms with Gasteiger partial charge < -0.3 is 9.64 Å². The first-order chi connectivity index (χ1) is 12.9. The number of amides is 1. The van der Waals surface area contributed by atoms with Crippen molar-refractivity contribution in [2.24, 2.45) is 7.05 Å². The van der Waals surface area contributed by atoms with Crippen molar-refractivity contribution in [2.45, 2.75) is 13.3 Å². The molecule has 27 heavy (non-hydrogen) atoms. The van der Waals surface area contributed by atoms with Gasteiger partial charge in [0.05, 0.1) is 17.5 Å². The van der Waals surface area contributed by atoms with Crippen LogP contribution in [0.1, 0.15) is 22.6 Å². The number of hydrogen-bond acceptors (Lipinski definition) is 6. The van der Waals surface area contributed by atoms with Gasteiger partial charge in [-0.05, 0) is 52.2 Å². The molecule has 0 fully saturated rings. The maximum absolute atomic E-state index is 13.3. The summed E-state index contributed by atoms with van der Waals surface area (Å²) in [6.07, 6.45) is 0.850. The zero-order valence-corrected chi connectivity index (χ0v) is 17.2. The van der Waals surface area contributed by atoms with Crippen molar-refractivity contribution in [3.05, 3.63) is 35.7 Å². The normalized spacial score (nSPS) is 11.3. The molecular formula is C19H25N5O2S. The van der Waals surface area contributed by atoms with Crippen molar-refractivity contribution in [1.29, 1.82) is 0 Å². The van der Waals surface area contributed by atoms with E-state index in [1.807, 2.05) is 45.3 Å². The molecule has 0 bridgehead atoms. The second-order valence-corrected chi connectivity index (χ2v) is 7.72. The van der Waals surface area contributed by atoms with Crippen molar-refractivity contribution in [2.75, 3.05) is 39.2 Å². The van der Waals surface area contributed by atoms with Gasteiger partial charge in [0.15, 0.2) is 5.13 Å². The summed E-state index contributed by atoms with van der Waals surface area (Å²) in [5, 5.41) is 4.99. The molecule has 0 aliphatic carbocycles. The Hall–Kier alpha value is -2.45. The molecule has 0 atom stereocenters. The molecule has 3 rings (SSSR count). The van der Waals surface area contributed by atoms with Gasteiger partial charge in [-0.3, -0.25) is 14.4 Å². The Labute approximate surface area is 163 Å². The summed E-state index contributed by atoms with van der Waals surface area (Å²) in [7, 11) is 7.48. The van der Waals surface area contributed by atoms with Crippen LogP contribution < -0.4 is 9.64 Å². The molecule has 0 saturated heterocycles. The van der Waals surface area contributed by atoms with Gasteiger partial charge in [-0.2, -0.15) is 5.10 Å². The van der Waals surface area contributed by atoms with Crippen LogP contribution in [0.4, 0.5) is 5.13 Å². The van der Waals surface area contributed by atoms with Gasteiger partial charge in [-0.25, -0.2) is 4.98 Å². The second kappa shape index (κ2) is 8.06. The number of methoxy groups -OCH3 is 1. The van der Waals surface area contributed by atoms with E-state index in [0.29, 0.717) is 23.1 Å². The van der Waals surface area contributed by atoms with E-state index in [1.54, 1.807) is 23.7 Å². The van der Waals surface area contributed by atoms with E-state index in [1.165, 1.54) is 11.3 Å². The number of fused-ring (bicyclic) bond motifs is 1. The van der Waals surface area contributed by atoms with E-state index in [9.17, 15) is 4.79 Å². The molecule has 0 spiro atoms. The highest BCUT2D eigenvalue weighted by Crippen LogP contribution is 2.34. The summed E-state index contributed by atoms with van der Waals surface area (Å²) in [4.78, 5) is 21.9. The molecule has 1 aromatic carbocycles. The third-order valence-corrected chi connectivity index (χ3v) is 5.32. The van der Waals surface area contributed by atoms with Gasteiger partial charge >= 0.3 is 0 Å². The standard InChI is InChI=1S/C19H25N5O2S/c1-13-12-14(23(4)21-13)18(25)24(11-7-10-22(2)3)19-20-17-15(26-5)8-6-9-16(17)27-19/h6,8-9,12H,7,10-11H2,1-5H3. The van der Waals surface area contributed by atoms with Crippen LogP contribution in [-0.2, 0) is 7.05 Å². The fraction of sp³-hybridized carbons (Fsp3) is 0.421. The van der Waals surface area contributed by atoms with Crippen LogP contribution in [0, 0.1) is 6.92 Å². The zero-order valence-electron chi connectivity index (χ0n) is 16.4. The van der Waals surface area contributed by atoms with Gasteiger partial charge in [0, 0.05) is 13.6 Å². The lowest BCUT2D eigenvalue weighted by molar-refractivity contribution is 0.0977. The van der Waals surface area contributed by atoms with Crippen molar-refractivity contribution in [3.8, 4) is 5.75 Å². The van der Waals surface area contributed by atoms with Crippen LogP contribution in [0.25, 0.3) is 10.2 Å². The Kier molecular flexibility index (Phi) is 5.76. The smallest absolute Gasteiger partial charge is 0.278 e. The molecule has 7 nitrogen and oxygen atoms in total. The van der Waals surface area contributed by atoms with Crippen LogP contribution in [0.3, 0.4) is 0 Å². The summed E-state index contributed by atoms with van der Waals surface area (Å²) >= 11 is 1.50. The quantitative estimate of drug-likeness (QED) is 0.624. The van der Waals surface area contributed by atoms with Crippen molar-refractivity contribution >= 4 is 32.6 Å². The van der Waals surface area contributed by atoms with Crippen LogP contribution in [0.15, 0.2) is 24.3 Å². The van der Waals surface area contributed by atoms with Gasteiger partial charge in [0.1, 0.15) is 17.0 Å². The Morgan fingerprint density at radius 2 is 2.07 bits per heavy atom. The van der Waals surface area contributed by atoms with Crippen molar-refractivity contribution in [1.82, 2.24) is 19.7 Å². The van der Waals surface area contributed by atoms with Crippen molar-refractivity contribution in [3.63, 3.8) is 0 Å². The van der Waals surface area contributed by atoms with Gasteiger partial charge in [0.25, 0.3) is 5.91 Å². The maximum Gasteiger partial charge on any atom is 0.278 e. The molecule has 3 aromatic rings.